The second-order valence-electron chi connectivity index (χ2n) is 3.93. The summed E-state index contributed by atoms with van der Waals surface area (Å²) in [7, 11) is 0. The summed E-state index contributed by atoms with van der Waals surface area (Å²) in [5, 5.41) is 3.47. The summed E-state index contributed by atoms with van der Waals surface area (Å²) in [6.07, 6.45) is 11.2. The van der Waals surface area contributed by atoms with Gasteiger partial charge in [-0.25, -0.2) is 15.0 Å². The van der Waals surface area contributed by atoms with Gasteiger partial charge in [-0.2, -0.15) is 0 Å². The van der Waals surface area contributed by atoms with Crippen molar-refractivity contribution in [3.8, 4) is 5.69 Å². The van der Waals surface area contributed by atoms with Crippen LogP contribution in [0.1, 0.15) is 24.6 Å². The van der Waals surface area contributed by atoms with Crippen LogP contribution >= 0.6 is 0 Å². The van der Waals surface area contributed by atoms with Crippen LogP contribution < -0.4 is 5.32 Å². The molecule has 16 heavy (non-hydrogen) atoms. The first-order chi connectivity index (χ1) is 7.95. The van der Waals surface area contributed by atoms with Crippen LogP contribution in [0.3, 0.4) is 0 Å². The molecule has 2 aromatic heterocycles. The van der Waals surface area contributed by atoms with E-state index in [1.807, 2.05) is 17.1 Å². The molecule has 5 heteroatoms. The molecule has 1 aliphatic heterocycles. The van der Waals surface area contributed by atoms with Gasteiger partial charge in [-0.15, -0.1) is 0 Å². The van der Waals surface area contributed by atoms with Gasteiger partial charge in [-0.3, -0.25) is 4.57 Å². The quantitative estimate of drug-likeness (QED) is 0.814. The van der Waals surface area contributed by atoms with Crippen LogP contribution in [0.5, 0.6) is 0 Å². The summed E-state index contributed by atoms with van der Waals surface area (Å²) in [6, 6.07) is 0.405. The molecule has 2 aromatic rings. The second kappa shape index (κ2) is 4.02. The van der Waals surface area contributed by atoms with Crippen molar-refractivity contribution >= 4 is 0 Å². The topological polar surface area (TPSA) is 55.6 Å². The minimum absolute atomic E-state index is 0.405. The molecular formula is C11H13N5. The molecule has 1 atom stereocenters. The Morgan fingerprint density at radius 1 is 1.19 bits per heavy atom. The fourth-order valence-electron chi connectivity index (χ4n) is 2.13. The Morgan fingerprint density at radius 2 is 2.06 bits per heavy atom. The molecule has 3 rings (SSSR count). The van der Waals surface area contributed by atoms with Gasteiger partial charge < -0.3 is 5.32 Å². The van der Waals surface area contributed by atoms with Gasteiger partial charge in [0.25, 0.3) is 0 Å². The van der Waals surface area contributed by atoms with Crippen LogP contribution in [0.2, 0.25) is 0 Å². The van der Waals surface area contributed by atoms with Gasteiger partial charge in [-0.1, -0.05) is 0 Å². The maximum atomic E-state index is 4.21. The number of hydrogen-bond acceptors (Lipinski definition) is 4. The predicted molar refractivity (Wildman–Crippen MR) is 59.1 cm³/mol. The van der Waals surface area contributed by atoms with Gasteiger partial charge in [0.05, 0.1) is 36.3 Å². The van der Waals surface area contributed by atoms with Gasteiger partial charge >= 0.3 is 0 Å². The van der Waals surface area contributed by atoms with Gasteiger partial charge in [0.15, 0.2) is 0 Å². The zero-order valence-electron chi connectivity index (χ0n) is 8.87. The van der Waals surface area contributed by atoms with Crippen molar-refractivity contribution in [2.24, 2.45) is 0 Å². The van der Waals surface area contributed by atoms with E-state index in [2.05, 4.69) is 20.3 Å². The number of nitrogens with one attached hydrogen (secondary N) is 1. The fraction of sp³-hybridized carbons (Fsp3) is 0.364. The fourth-order valence-corrected chi connectivity index (χ4v) is 2.13. The summed E-state index contributed by atoms with van der Waals surface area (Å²) in [6.45, 7) is 1.08. The summed E-state index contributed by atoms with van der Waals surface area (Å²) in [5.74, 6) is 0. The molecule has 1 N–H and O–H groups in total. The maximum absolute atomic E-state index is 4.21. The van der Waals surface area contributed by atoms with E-state index in [0.717, 1.165) is 12.2 Å². The number of hydrogen-bond donors (Lipinski definition) is 1. The zero-order chi connectivity index (χ0) is 10.8. The molecule has 1 fully saturated rings. The third-order valence-electron chi connectivity index (χ3n) is 2.91. The highest BCUT2D eigenvalue weighted by Crippen LogP contribution is 2.24. The van der Waals surface area contributed by atoms with Gasteiger partial charge in [-0.05, 0) is 19.4 Å². The molecule has 82 valence electrons. The van der Waals surface area contributed by atoms with Crippen LogP contribution in [0.15, 0.2) is 31.2 Å². The third-order valence-corrected chi connectivity index (χ3v) is 2.91. The van der Waals surface area contributed by atoms with E-state index >= 15 is 0 Å². The SMILES string of the molecule is c1ncc(-n2cncc2C2CCCN2)cn1. The highest BCUT2D eigenvalue weighted by Gasteiger charge is 2.20. The third kappa shape index (κ3) is 1.59. The molecule has 1 saturated heterocycles. The minimum Gasteiger partial charge on any atom is -0.309 e. The van der Waals surface area contributed by atoms with Crippen molar-refractivity contribution in [3.63, 3.8) is 0 Å². The van der Waals surface area contributed by atoms with Crippen LogP contribution in [-0.4, -0.2) is 26.1 Å². The molecule has 1 aliphatic rings. The zero-order valence-corrected chi connectivity index (χ0v) is 8.87. The lowest BCUT2D eigenvalue weighted by atomic mass is 10.2. The number of rotatable bonds is 2. The largest absolute Gasteiger partial charge is 0.309 e. The van der Waals surface area contributed by atoms with Gasteiger partial charge in [0.1, 0.15) is 6.33 Å². The predicted octanol–water partition coefficient (Wildman–Crippen LogP) is 1.09. The summed E-state index contributed by atoms with van der Waals surface area (Å²) in [5.41, 5.74) is 2.15. The van der Waals surface area contributed by atoms with Crippen molar-refractivity contribution in [2.45, 2.75) is 18.9 Å². The first kappa shape index (κ1) is 9.47. The van der Waals surface area contributed by atoms with Crippen LogP contribution in [0.25, 0.3) is 5.69 Å². The smallest absolute Gasteiger partial charge is 0.115 e. The van der Waals surface area contributed by atoms with E-state index in [0.29, 0.717) is 6.04 Å². The van der Waals surface area contributed by atoms with Crippen LogP contribution in [-0.2, 0) is 0 Å². The Bertz CT molecular complexity index is 458. The summed E-state index contributed by atoms with van der Waals surface area (Å²) >= 11 is 0. The first-order valence-electron chi connectivity index (χ1n) is 5.46. The molecule has 1 unspecified atom stereocenters. The monoisotopic (exact) mass is 215 g/mol. The molecule has 0 saturated carbocycles. The van der Waals surface area contributed by atoms with Gasteiger partial charge in [0.2, 0.25) is 0 Å². The van der Waals surface area contributed by atoms with Crippen molar-refractivity contribution in [1.82, 2.24) is 24.8 Å². The van der Waals surface area contributed by atoms with E-state index in [1.165, 1.54) is 24.9 Å². The van der Waals surface area contributed by atoms with E-state index in [-0.39, 0.29) is 0 Å². The Labute approximate surface area is 93.6 Å². The average molecular weight is 215 g/mol. The van der Waals surface area contributed by atoms with E-state index in [1.54, 1.807) is 12.4 Å². The van der Waals surface area contributed by atoms with Gasteiger partial charge in [0, 0.05) is 6.04 Å². The number of aromatic nitrogens is 4. The molecule has 0 radical (unpaired) electrons. The molecule has 5 nitrogen and oxygen atoms in total. The minimum atomic E-state index is 0.405. The van der Waals surface area contributed by atoms with Crippen molar-refractivity contribution < 1.29 is 0 Å². The van der Waals surface area contributed by atoms with Crippen LogP contribution in [0, 0.1) is 0 Å². The molecule has 0 spiro atoms. The molecule has 0 amide bonds. The van der Waals surface area contributed by atoms with Crippen molar-refractivity contribution in [3.05, 3.63) is 36.9 Å². The number of imidazole rings is 1. The van der Waals surface area contributed by atoms with E-state index < -0.39 is 0 Å². The summed E-state index contributed by atoms with van der Waals surface area (Å²) in [4.78, 5) is 12.3. The first-order valence-corrected chi connectivity index (χ1v) is 5.46. The Balaban J connectivity index is 1.99. The molecule has 3 heterocycles. The number of nitrogens with zero attached hydrogens (tertiary/aromatic N) is 4. The molecule has 0 bridgehead atoms. The second-order valence-corrected chi connectivity index (χ2v) is 3.93. The summed E-state index contributed by atoms with van der Waals surface area (Å²) < 4.78 is 2.04. The lowest BCUT2D eigenvalue weighted by molar-refractivity contribution is 0.614. The highest BCUT2D eigenvalue weighted by atomic mass is 15.1. The van der Waals surface area contributed by atoms with E-state index in [9.17, 15) is 0 Å². The van der Waals surface area contributed by atoms with Crippen LogP contribution in [0.4, 0.5) is 0 Å². The Kier molecular flexibility index (Phi) is 2.38. The standard InChI is InChI=1S/C11H13N5/c1-2-10(15-3-1)11-6-14-8-16(11)9-4-12-7-13-5-9/h4-8,10,15H,1-3H2. The van der Waals surface area contributed by atoms with Crippen molar-refractivity contribution in [2.75, 3.05) is 6.54 Å². The Hall–Kier alpha value is -1.75. The highest BCUT2D eigenvalue weighted by molar-refractivity contribution is 5.28. The lowest BCUT2D eigenvalue weighted by Crippen LogP contribution is -2.16. The average Bonchev–Trinajstić information content (AvgIpc) is 3.01. The molecular weight excluding hydrogens is 202 g/mol. The van der Waals surface area contributed by atoms with Crippen molar-refractivity contribution in [1.29, 1.82) is 0 Å². The Morgan fingerprint density at radius 3 is 2.81 bits per heavy atom. The molecule has 0 aliphatic carbocycles. The molecule has 0 aromatic carbocycles. The lowest BCUT2D eigenvalue weighted by Gasteiger charge is -2.13. The maximum Gasteiger partial charge on any atom is 0.115 e. The van der Waals surface area contributed by atoms with E-state index in [4.69, 9.17) is 0 Å². The normalized spacial score (nSPS) is 20.1.